The van der Waals surface area contributed by atoms with Gasteiger partial charge in [-0.1, -0.05) is 30.3 Å². The SMILES string of the molecule is COc1ccccc1-c1nn(-c2ccccc2)cc1C(=O)NNC(=O)C(=O)NC1CC1. The van der Waals surface area contributed by atoms with Crippen molar-refractivity contribution in [1.29, 1.82) is 0 Å². The molecule has 1 heterocycles. The van der Waals surface area contributed by atoms with Crippen molar-refractivity contribution in [3.8, 4) is 22.7 Å². The van der Waals surface area contributed by atoms with Crippen LogP contribution in [-0.4, -0.2) is 40.7 Å². The Kier molecular flexibility index (Phi) is 5.65. The Bertz CT molecular complexity index is 1120. The molecule has 1 aliphatic rings. The van der Waals surface area contributed by atoms with E-state index in [9.17, 15) is 14.4 Å². The van der Waals surface area contributed by atoms with Gasteiger partial charge in [-0.25, -0.2) is 4.68 Å². The number of hydrogen-bond acceptors (Lipinski definition) is 5. The summed E-state index contributed by atoms with van der Waals surface area (Å²) in [7, 11) is 1.53. The second kappa shape index (κ2) is 8.70. The van der Waals surface area contributed by atoms with Crippen LogP contribution in [0.2, 0.25) is 0 Å². The van der Waals surface area contributed by atoms with Crippen molar-refractivity contribution in [3.05, 3.63) is 66.4 Å². The molecule has 158 valence electrons. The number of amides is 3. The molecular weight excluding hydrogens is 398 g/mol. The number of hydrazine groups is 1. The van der Waals surface area contributed by atoms with Crippen LogP contribution in [0.1, 0.15) is 23.2 Å². The van der Waals surface area contributed by atoms with Crippen LogP contribution in [0.3, 0.4) is 0 Å². The summed E-state index contributed by atoms with van der Waals surface area (Å²) < 4.78 is 6.99. The number of rotatable bonds is 5. The lowest BCUT2D eigenvalue weighted by molar-refractivity contribution is -0.139. The van der Waals surface area contributed by atoms with Crippen LogP contribution in [0.5, 0.6) is 5.75 Å². The van der Waals surface area contributed by atoms with E-state index in [4.69, 9.17) is 4.74 Å². The molecule has 1 aromatic heterocycles. The van der Waals surface area contributed by atoms with Gasteiger partial charge in [-0.2, -0.15) is 5.10 Å². The fourth-order valence-electron chi connectivity index (χ4n) is 3.01. The van der Waals surface area contributed by atoms with Crippen molar-refractivity contribution in [2.45, 2.75) is 18.9 Å². The normalized spacial score (nSPS) is 12.7. The lowest BCUT2D eigenvalue weighted by Crippen LogP contribution is -2.49. The lowest BCUT2D eigenvalue weighted by atomic mass is 10.1. The molecule has 9 heteroatoms. The number of nitrogens with one attached hydrogen (secondary N) is 3. The van der Waals surface area contributed by atoms with Crippen LogP contribution < -0.4 is 20.9 Å². The highest BCUT2D eigenvalue weighted by molar-refractivity contribution is 6.35. The highest BCUT2D eigenvalue weighted by Crippen LogP contribution is 2.31. The zero-order chi connectivity index (χ0) is 21.8. The fourth-order valence-corrected chi connectivity index (χ4v) is 3.01. The topological polar surface area (TPSA) is 114 Å². The second-order valence-corrected chi connectivity index (χ2v) is 7.03. The predicted molar refractivity (Wildman–Crippen MR) is 112 cm³/mol. The molecule has 0 saturated heterocycles. The quantitative estimate of drug-likeness (QED) is 0.429. The molecule has 0 atom stereocenters. The number of methoxy groups -OCH3 is 1. The molecule has 0 unspecified atom stereocenters. The third-order valence-electron chi connectivity index (χ3n) is 4.75. The van der Waals surface area contributed by atoms with Crippen molar-refractivity contribution in [2.24, 2.45) is 0 Å². The second-order valence-electron chi connectivity index (χ2n) is 7.03. The third kappa shape index (κ3) is 4.55. The van der Waals surface area contributed by atoms with Gasteiger partial charge in [0.25, 0.3) is 5.91 Å². The van der Waals surface area contributed by atoms with Crippen LogP contribution in [0.4, 0.5) is 0 Å². The summed E-state index contributed by atoms with van der Waals surface area (Å²) in [5, 5.41) is 7.13. The van der Waals surface area contributed by atoms with Gasteiger partial charge in [-0.15, -0.1) is 0 Å². The number of aromatic nitrogens is 2. The summed E-state index contributed by atoms with van der Waals surface area (Å²) in [5.41, 5.74) is 6.39. The Morgan fingerprint density at radius 1 is 0.968 bits per heavy atom. The summed E-state index contributed by atoms with van der Waals surface area (Å²) >= 11 is 0. The molecule has 0 aliphatic heterocycles. The number of hydrogen-bond donors (Lipinski definition) is 3. The zero-order valence-electron chi connectivity index (χ0n) is 16.8. The first-order chi connectivity index (χ1) is 15.1. The van der Waals surface area contributed by atoms with E-state index in [1.807, 2.05) is 42.5 Å². The Balaban J connectivity index is 1.61. The standard InChI is InChI=1S/C22H21N5O4/c1-31-18-10-6-5-9-16(18)19-17(13-27(26-19)15-7-3-2-4-8-15)20(28)24-25-22(30)21(29)23-14-11-12-14/h2-10,13-14H,11-12H2,1H3,(H,23,29)(H,24,28)(H,25,30). The largest absolute Gasteiger partial charge is 0.496 e. The van der Waals surface area contributed by atoms with E-state index in [2.05, 4.69) is 21.3 Å². The molecule has 0 radical (unpaired) electrons. The summed E-state index contributed by atoms with van der Waals surface area (Å²) in [6.45, 7) is 0. The minimum absolute atomic E-state index is 0.0372. The minimum atomic E-state index is -0.936. The van der Waals surface area contributed by atoms with Gasteiger partial charge in [-0.05, 0) is 37.1 Å². The molecule has 31 heavy (non-hydrogen) atoms. The van der Waals surface area contributed by atoms with Crippen LogP contribution >= 0.6 is 0 Å². The molecule has 9 nitrogen and oxygen atoms in total. The van der Waals surface area contributed by atoms with E-state index < -0.39 is 17.7 Å². The van der Waals surface area contributed by atoms with Gasteiger partial charge in [0.15, 0.2) is 0 Å². The van der Waals surface area contributed by atoms with Crippen molar-refractivity contribution in [3.63, 3.8) is 0 Å². The lowest BCUT2D eigenvalue weighted by Gasteiger charge is -2.09. The first-order valence-electron chi connectivity index (χ1n) is 9.76. The van der Waals surface area contributed by atoms with E-state index in [-0.39, 0.29) is 11.6 Å². The molecule has 3 amide bonds. The van der Waals surface area contributed by atoms with E-state index in [1.54, 1.807) is 23.0 Å². The summed E-state index contributed by atoms with van der Waals surface area (Å²) in [6.07, 6.45) is 3.27. The number of carbonyl (C=O) groups excluding carboxylic acids is 3. The molecule has 3 aromatic rings. The first-order valence-corrected chi connectivity index (χ1v) is 9.76. The Labute approximate surface area is 178 Å². The summed E-state index contributed by atoms with van der Waals surface area (Å²) in [4.78, 5) is 36.6. The first kappa shape index (κ1) is 20.1. The molecule has 3 N–H and O–H groups in total. The molecule has 4 rings (SSSR count). The maximum atomic E-state index is 12.9. The van der Waals surface area contributed by atoms with Crippen LogP contribution in [0, 0.1) is 0 Å². The van der Waals surface area contributed by atoms with Gasteiger partial charge in [0.1, 0.15) is 11.4 Å². The Morgan fingerprint density at radius 2 is 1.68 bits per heavy atom. The predicted octanol–water partition coefficient (Wildman–Crippen LogP) is 1.59. The minimum Gasteiger partial charge on any atom is -0.496 e. The van der Waals surface area contributed by atoms with Gasteiger partial charge >= 0.3 is 11.8 Å². The highest BCUT2D eigenvalue weighted by Gasteiger charge is 2.27. The monoisotopic (exact) mass is 419 g/mol. The number of carbonyl (C=O) groups is 3. The molecular formula is C22H21N5O4. The molecule has 1 saturated carbocycles. The Hall–Kier alpha value is -4.14. The van der Waals surface area contributed by atoms with Gasteiger partial charge in [0.05, 0.1) is 18.4 Å². The van der Waals surface area contributed by atoms with Crippen LogP contribution in [0.15, 0.2) is 60.8 Å². The van der Waals surface area contributed by atoms with Gasteiger partial charge in [0, 0.05) is 17.8 Å². The van der Waals surface area contributed by atoms with Crippen molar-refractivity contribution in [2.75, 3.05) is 7.11 Å². The van der Waals surface area contributed by atoms with E-state index in [1.165, 1.54) is 7.11 Å². The van der Waals surface area contributed by atoms with Crippen LogP contribution in [-0.2, 0) is 9.59 Å². The average molecular weight is 419 g/mol. The van der Waals surface area contributed by atoms with E-state index in [0.717, 1.165) is 18.5 Å². The van der Waals surface area contributed by atoms with Crippen LogP contribution in [0.25, 0.3) is 16.9 Å². The van der Waals surface area contributed by atoms with Gasteiger partial charge in [0.2, 0.25) is 0 Å². The zero-order valence-corrected chi connectivity index (χ0v) is 16.8. The van der Waals surface area contributed by atoms with Gasteiger partial charge < -0.3 is 10.1 Å². The average Bonchev–Trinajstić information content (AvgIpc) is 3.51. The maximum absolute atomic E-state index is 12.9. The van der Waals surface area contributed by atoms with E-state index in [0.29, 0.717) is 17.0 Å². The third-order valence-corrected chi connectivity index (χ3v) is 4.75. The summed E-state index contributed by atoms with van der Waals surface area (Å²) in [6, 6.07) is 16.5. The number of nitrogens with zero attached hydrogens (tertiary/aromatic N) is 2. The molecule has 1 aliphatic carbocycles. The fraction of sp³-hybridized carbons (Fsp3) is 0.182. The number of ether oxygens (including phenoxy) is 1. The van der Waals surface area contributed by atoms with Crippen molar-refractivity contribution >= 4 is 17.7 Å². The molecule has 2 aromatic carbocycles. The summed E-state index contributed by atoms with van der Waals surface area (Å²) in [5.74, 6) is -1.79. The number of benzene rings is 2. The Morgan fingerprint density at radius 3 is 2.39 bits per heavy atom. The van der Waals surface area contributed by atoms with Crippen molar-refractivity contribution < 1.29 is 19.1 Å². The molecule has 1 fully saturated rings. The molecule has 0 spiro atoms. The maximum Gasteiger partial charge on any atom is 0.327 e. The van der Waals surface area contributed by atoms with E-state index >= 15 is 0 Å². The van der Waals surface area contributed by atoms with Gasteiger partial charge in [-0.3, -0.25) is 25.2 Å². The smallest absolute Gasteiger partial charge is 0.327 e. The molecule has 0 bridgehead atoms. The highest BCUT2D eigenvalue weighted by atomic mass is 16.5. The number of para-hydroxylation sites is 2. The van der Waals surface area contributed by atoms with Crippen molar-refractivity contribution in [1.82, 2.24) is 25.9 Å².